The van der Waals surface area contributed by atoms with Crippen molar-refractivity contribution >= 4 is 15.9 Å². The molecular formula is C16H14BrFO3. The summed E-state index contributed by atoms with van der Waals surface area (Å²) in [5, 5.41) is 10.3. The van der Waals surface area contributed by atoms with Crippen molar-refractivity contribution in [3.63, 3.8) is 0 Å². The third-order valence-electron chi connectivity index (χ3n) is 3.59. The second-order valence-electron chi connectivity index (χ2n) is 4.93. The summed E-state index contributed by atoms with van der Waals surface area (Å²) in [6.07, 6.45) is -0.910. The average Bonchev–Trinajstić information content (AvgIpc) is 2.49. The summed E-state index contributed by atoms with van der Waals surface area (Å²) in [5.41, 5.74) is 1.12. The molecule has 3 rings (SSSR count). The fourth-order valence-electron chi connectivity index (χ4n) is 2.50. The van der Waals surface area contributed by atoms with Gasteiger partial charge in [-0.25, -0.2) is 4.39 Å². The SMILES string of the molecule is COc1ccc2c(c1)OC(c1cc(Br)ccc1F)C[C@H]2O. The zero-order valence-electron chi connectivity index (χ0n) is 11.3. The molecule has 0 radical (unpaired) electrons. The number of benzene rings is 2. The van der Waals surface area contributed by atoms with Crippen LogP contribution in [0.4, 0.5) is 4.39 Å². The number of aliphatic hydroxyl groups excluding tert-OH is 1. The lowest BCUT2D eigenvalue weighted by molar-refractivity contribution is 0.0637. The van der Waals surface area contributed by atoms with Crippen LogP contribution in [0.25, 0.3) is 0 Å². The topological polar surface area (TPSA) is 38.7 Å². The van der Waals surface area contributed by atoms with E-state index in [2.05, 4.69) is 15.9 Å². The van der Waals surface area contributed by atoms with E-state index < -0.39 is 12.2 Å². The van der Waals surface area contributed by atoms with Crippen molar-refractivity contribution in [2.75, 3.05) is 7.11 Å². The Kier molecular flexibility index (Phi) is 3.87. The van der Waals surface area contributed by atoms with Gasteiger partial charge in [-0.15, -0.1) is 0 Å². The molecule has 1 unspecified atom stereocenters. The van der Waals surface area contributed by atoms with Gasteiger partial charge in [0.05, 0.1) is 13.2 Å². The molecule has 3 nitrogen and oxygen atoms in total. The summed E-state index contributed by atoms with van der Waals surface area (Å²) in [7, 11) is 1.56. The summed E-state index contributed by atoms with van der Waals surface area (Å²) >= 11 is 3.33. The van der Waals surface area contributed by atoms with E-state index >= 15 is 0 Å². The first-order valence-electron chi connectivity index (χ1n) is 6.56. The number of halogens is 2. The zero-order valence-corrected chi connectivity index (χ0v) is 12.9. The fourth-order valence-corrected chi connectivity index (χ4v) is 2.88. The maximum absolute atomic E-state index is 14.0. The summed E-state index contributed by atoms with van der Waals surface area (Å²) in [4.78, 5) is 0. The van der Waals surface area contributed by atoms with Crippen molar-refractivity contribution in [2.24, 2.45) is 0 Å². The maximum atomic E-state index is 14.0. The van der Waals surface area contributed by atoms with Crippen molar-refractivity contribution in [3.05, 3.63) is 57.8 Å². The fraction of sp³-hybridized carbons (Fsp3) is 0.250. The summed E-state index contributed by atoms with van der Waals surface area (Å²) < 4.78 is 25.8. The van der Waals surface area contributed by atoms with Gasteiger partial charge in [-0.3, -0.25) is 0 Å². The van der Waals surface area contributed by atoms with Gasteiger partial charge < -0.3 is 14.6 Å². The smallest absolute Gasteiger partial charge is 0.130 e. The predicted octanol–water partition coefficient (Wildman–Crippen LogP) is 4.15. The van der Waals surface area contributed by atoms with Gasteiger partial charge in [0.25, 0.3) is 0 Å². The molecule has 2 aromatic rings. The van der Waals surface area contributed by atoms with Gasteiger partial charge >= 0.3 is 0 Å². The normalized spacial score (nSPS) is 20.6. The molecule has 0 bridgehead atoms. The summed E-state index contributed by atoms with van der Waals surface area (Å²) in [6, 6.07) is 9.95. The van der Waals surface area contributed by atoms with Gasteiger partial charge in [-0.05, 0) is 30.3 Å². The molecular weight excluding hydrogens is 339 g/mol. The number of methoxy groups -OCH3 is 1. The third kappa shape index (κ3) is 2.76. The Balaban J connectivity index is 1.98. The highest BCUT2D eigenvalue weighted by Crippen LogP contribution is 2.43. The van der Waals surface area contributed by atoms with Crippen LogP contribution >= 0.6 is 15.9 Å². The van der Waals surface area contributed by atoms with Crippen molar-refractivity contribution in [1.29, 1.82) is 0 Å². The van der Waals surface area contributed by atoms with Crippen LogP contribution in [0.3, 0.4) is 0 Å². The molecule has 0 aliphatic carbocycles. The van der Waals surface area contributed by atoms with Crippen molar-refractivity contribution < 1.29 is 19.0 Å². The first-order valence-corrected chi connectivity index (χ1v) is 7.35. The van der Waals surface area contributed by atoms with E-state index in [1.165, 1.54) is 6.07 Å². The Morgan fingerprint density at radius 2 is 2.05 bits per heavy atom. The molecule has 1 N–H and O–H groups in total. The summed E-state index contributed by atoms with van der Waals surface area (Å²) in [6.45, 7) is 0. The molecule has 0 aromatic heterocycles. The quantitative estimate of drug-likeness (QED) is 0.882. The molecule has 2 aromatic carbocycles. The zero-order chi connectivity index (χ0) is 15.0. The van der Waals surface area contributed by atoms with Gasteiger partial charge in [0.1, 0.15) is 23.4 Å². The largest absolute Gasteiger partial charge is 0.497 e. The highest BCUT2D eigenvalue weighted by atomic mass is 79.9. The maximum Gasteiger partial charge on any atom is 0.130 e. The molecule has 0 amide bonds. The Bertz CT molecular complexity index is 675. The molecule has 5 heteroatoms. The van der Waals surface area contributed by atoms with Crippen molar-refractivity contribution in [1.82, 2.24) is 0 Å². The number of hydrogen-bond acceptors (Lipinski definition) is 3. The number of hydrogen-bond donors (Lipinski definition) is 1. The van der Waals surface area contributed by atoms with Crippen LogP contribution < -0.4 is 9.47 Å². The standard InChI is InChI=1S/C16H14BrFO3/c1-20-10-3-4-11-14(19)8-16(21-15(11)7-10)12-6-9(17)2-5-13(12)18/h2-7,14,16,19H,8H2,1H3/t14-,16?/m1/s1. The van der Waals surface area contributed by atoms with Crippen molar-refractivity contribution in [2.45, 2.75) is 18.6 Å². The first-order chi connectivity index (χ1) is 10.1. The highest BCUT2D eigenvalue weighted by molar-refractivity contribution is 9.10. The Morgan fingerprint density at radius 1 is 1.24 bits per heavy atom. The molecule has 0 saturated carbocycles. The molecule has 2 atom stereocenters. The van der Waals surface area contributed by atoms with Gasteiger partial charge in [0, 0.05) is 28.1 Å². The highest BCUT2D eigenvalue weighted by Gasteiger charge is 2.30. The second-order valence-corrected chi connectivity index (χ2v) is 5.84. The van der Waals surface area contributed by atoms with Crippen LogP contribution in [-0.2, 0) is 0 Å². The number of aliphatic hydroxyl groups is 1. The van der Waals surface area contributed by atoms with Crippen molar-refractivity contribution in [3.8, 4) is 11.5 Å². The van der Waals surface area contributed by atoms with Crippen LogP contribution in [0.5, 0.6) is 11.5 Å². The lowest BCUT2D eigenvalue weighted by Gasteiger charge is -2.30. The van der Waals surface area contributed by atoms with Crippen LogP contribution in [-0.4, -0.2) is 12.2 Å². The van der Waals surface area contributed by atoms with Gasteiger partial charge in [0.2, 0.25) is 0 Å². The minimum Gasteiger partial charge on any atom is -0.497 e. The van der Waals surface area contributed by atoms with E-state index in [-0.39, 0.29) is 5.82 Å². The Morgan fingerprint density at radius 3 is 2.81 bits per heavy atom. The van der Waals surface area contributed by atoms with E-state index in [1.807, 2.05) is 0 Å². The lowest BCUT2D eigenvalue weighted by atomic mass is 9.94. The first kappa shape index (κ1) is 14.4. The predicted molar refractivity (Wildman–Crippen MR) is 80.0 cm³/mol. The molecule has 1 heterocycles. The van der Waals surface area contributed by atoms with Gasteiger partial charge in [-0.2, -0.15) is 0 Å². The molecule has 1 aliphatic rings. The van der Waals surface area contributed by atoms with Gasteiger partial charge in [-0.1, -0.05) is 15.9 Å². The molecule has 21 heavy (non-hydrogen) atoms. The van der Waals surface area contributed by atoms with E-state index in [0.29, 0.717) is 29.0 Å². The molecule has 0 saturated heterocycles. The summed E-state index contributed by atoms with van der Waals surface area (Å²) in [5.74, 6) is 0.815. The molecule has 0 fully saturated rings. The minimum atomic E-state index is -0.692. The molecule has 110 valence electrons. The Hall–Kier alpha value is -1.59. The van der Waals surface area contributed by atoms with Crippen LogP contribution in [0, 0.1) is 5.82 Å². The van der Waals surface area contributed by atoms with E-state index in [4.69, 9.17) is 9.47 Å². The van der Waals surface area contributed by atoms with E-state index in [9.17, 15) is 9.50 Å². The number of rotatable bonds is 2. The third-order valence-corrected chi connectivity index (χ3v) is 4.08. The number of fused-ring (bicyclic) bond motifs is 1. The molecule has 0 spiro atoms. The van der Waals surface area contributed by atoms with Crippen LogP contribution in [0.15, 0.2) is 40.9 Å². The minimum absolute atomic E-state index is 0.312. The Labute approximate surface area is 130 Å². The van der Waals surface area contributed by atoms with Crippen LogP contribution in [0.1, 0.15) is 29.8 Å². The van der Waals surface area contributed by atoms with E-state index in [0.717, 1.165) is 4.47 Å². The number of ether oxygens (including phenoxy) is 2. The van der Waals surface area contributed by atoms with E-state index in [1.54, 1.807) is 37.4 Å². The monoisotopic (exact) mass is 352 g/mol. The van der Waals surface area contributed by atoms with Crippen LogP contribution in [0.2, 0.25) is 0 Å². The van der Waals surface area contributed by atoms with Gasteiger partial charge in [0.15, 0.2) is 0 Å². The molecule has 1 aliphatic heterocycles. The lowest BCUT2D eigenvalue weighted by Crippen LogP contribution is -2.20. The second kappa shape index (κ2) is 5.66. The average molecular weight is 353 g/mol.